The van der Waals surface area contributed by atoms with E-state index in [2.05, 4.69) is 41.9 Å². The molecule has 3 rings (SSSR count). The van der Waals surface area contributed by atoms with Gasteiger partial charge in [-0.1, -0.05) is 6.58 Å². The first-order chi connectivity index (χ1) is 18.0. The first kappa shape index (κ1) is 28.9. The van der Waals surface area contributed by atoms with E-state index < -0.39 is 29.4 Å². The first-order valence-electron chi connectivity index (χ1n) is 10.9. The number of aromatic amines is 1. The van der Waals surface area contributed by atoms with Gasteiger partial charge in [-0.25, -0.2) is 14.8 Å². The number of hydrogen-bond acceptors (Lipinski definition) is 11. The molecule has 38 heavy (non-hydrogen) atoms. The number of esters is 1. The van der Waals surface area contributed by atoms with Crippen molar-refractivity contribution in [1.82, 2.24) is 25.3 Å². The predicted molar refractivity (Wildman–Crippen MR) is 134 cm³/mol. The van der Waals surface area contributed by atoms with Crippen LogP contribution in [0.4, 0.5) is 11.6 Å². The summed E-state index contributed by atoms with van der Waals surface area (Å²) in [5.74, 6) is -3.48. The number of H-pyrrole nitrogens is 1. The number of aromatic nitrogens is 4. The smallest absolute Gasteiger partial charge is 0.326 e. The third-order valence-corrected chi connectivity index (χ3v) is 4.61. The van der Waals surface area contributed by atoms with Crippen LogP contribution in [0.3, 0.4) is 0 Å². The van der Waals surface area contributed by atoms with E-state index in [0.717, 1.165) is 6.26 Å². The number of amides is 1. The number of benzene rings is 1. The molecule has 0 spiro atoms. The van der Waals surface area contributed by atoms with Crippen LogP contribution in [0.25, 0.3) is 11.2 Å². The molecule has 0 bridgehead atoms. The van der Waals surface area contributed by atoms with Crippen molar-refractivity contribution in [3.8, 4) is 0 Å². The number of hydrogen-bond donors (Lipinski definition) is 6. The highest BCUT2D eigenvalue weighted by molar-refractivity contribution is 5.96. The summed E-state index contributed by atoms with van der Waals surface area (Å²) in [7, 11) is 0. The highest BCUT2D eigenvalue weighted by Crippen LogP contribution is 2.12. The lowest BCUT2D eigenvalue weighted by atomic mass is 10.1. The predicted octanol–water partition coefficient (Wildman–Crippen LogP) is 0.648. The number of aliphatic carboxylic acids is 2. The zero-order chi connectivity index (χ0) is 28.2. The van der Waals surface area contributed by atoms with Crippen LogP contribution in [0.5, 0.6) is 0 Å². The molecule has 0 saturated heterocycles. The fraction of sp³-hybridized carbons (Fsp3) is 0.217. The zero-order valence-electron chi connectivity index (χ0n) is 20.1. The second-order valence-corrected chi connectivity index (χ2v) is 7.49. The number of nitrogens with two attached hydrogens (primary N) is 1. The van der Waals surface area contributed by atoms with Gasteiger partial charge in [0.2, 0.25) is 5.95 Å². The third-order valence-electron chi connectivity index (χ3n) is 4.61. The molecular formula is C23H25N7O8. The highest BCUT2D eigenvalue weighted by Gasteiger charge is 2.21. The van der Waals surface area contributed by atoms with Gasteiger partial charge in [0.15, 0.2) is 11.2 Å². The van der Waals surface area contributed by atoms with E-state index in [4.69, 9.17) is 15.9 Å². The number of nitrogen functional groups attached to an aromatic ring is 1. The van der Waals surface area contributed by atoms with Crippen LogP contribution >= 0.6 is 0 Å². The molecule has 1 atom stereocenters. The van der Waals surface area contributed by atoms with Crippen LogP contribution in [-0.2, 0) is 25.7 Å². The SMILES string of the molecule is C=COC(C)=O.Nc1nc2ncc(CNc3ccc(C(=O)NC(CCC(=O)O)C(=O)O)cc3)nc2c(=O)[nH]1. The highest BCUT2D eigenvalue weighted by atomic mass is 16.5. The van der Waals surface area contributed by atoms with E-state index in [1.54, 1.807) is 12.1 Å². The molecule has 0 aliphatic rings. The number of nitrogens with one attached hydrogen (secondary N) is 3. The maximum atomic E-state index is 12.3. The van der Waals surface area contributed by atoms with E-state index in [9.17, 15) is 24.0 Å². The molecule has 15 nitrogen and oxygen atoms in total. The van der Waals surface area contributed by atoms with Gasteiger partial charge in [0.05, 0.1) is 24.7 Å². The molecule has 1 unspecified atom stereocenters. The van der Waals surface area contributed by atoms with Crippen molar-refractivity contribution in [3.63, 3.8) is 0 Å². The number of nitrogens with zero attached hydrogens (tertiary/aromatic N) is 3. The van der Waals surface area contributed by atoms with Crippen LogP contribution < -0.4 is 21.9 Å². The second kappa shape index (κ2) is 13.7. The average molecular weight is 527 g/mol. The van der Waals surface area contributed by atoms with E-state index >= 15 is 0 Å². The molecule has 2 aromatic heterocycles. The fourth-order valence-corrected chi connectivity index (χ4v) is 2.87. The molecule has 200 valence electrons. The monoisotopic (exact) mass is 527 g/mol. The van der Waals surface area contributed by atoms with Crippen LogP contribution in [0, 0.1) is 0 Å². The number of carboxylic acids is 2. The molecule has 0 aliphatic carbocycles. The Morgan fingerprint density at radius 3 is 2.42 bits per heavy atom. The maximum Gasteiger partial charge on any atom is 0.326 e. The molecule has 0 aliphatic heterocycles. The lowest BCUT2D eigenvalue weighted by Crippen LogP contribution is -2.41. The molecule has 2 heterocycles. The minimum absolute atomic E-state index is 0.0524. The van der Waals surface area contributed by atoms with Gasteiger partial charge in [0.1, 0.15) is 6.04 Å². The minimum Gasteiger partial charge on any atom is -0.481 e. The minimum atomic E-state index is -1.31. The second-order valence-electron chi connectivity index (χ2n) is 7.49. The summed E-state index contributed by atoms with van der Waals surface area (Å²) in [5.41, 5.74) is 6.47. The van der Waals surface area contributed by atoms with E-state index in [-0.39, 0.29) is 48.0 Å². The molecule has 1 aromatic carbocycles. The lowest BCUT2D eigenvalue weighted by molar-refractivity contribution is -0.140. The Kier molecular flexibility index (Phi) is 10.4. The van der Waals surface area contributed by atoms with Crippen molar-refractivity contribution >= 4 is 46.6 Å². The molecule has 15 heteroatoms. The lowest BCUT2D eigenvalue weighted by Gasteiger charge is -2.14. The van der Waals surface area contributed by atoms with Gasteiger partial charge in [-0.2, -0.15) is 4.98 Å². The quantitative estimate of drug-likeness (QED) is 0.157. The van der Waals surface area contributed by atoms with Gasteiger partial charge >= 0.3 is 17.9 Å². The van der Waals surface area contributed by atoms with Crippen molar-refractivity contribution in [2.45, 2.75) is 32.4 Å². The summed E-state index contributed by atoms with van der Waals surface area (Å²) < 4.78 is 4.17. The zero-order valence-corrected chi connectivity index (χ0v) is 20.1. The maximum absolute atomic E-state index is 12.3. The Morgan fingerprint density at radius 2 is 1.87 bits per heavy atom. The number of rotatable bonds is 10. The Hall–Kier alpha value is -5.34. The number of fused-ring (bicyclic) bond motifs is 1. The Labute approximate surface area is 214 Å². The molecule has 3 aromatic rings. The van der Waals surface area contributed by atoms with E-state index in [1.165, 1.54) is 25.3 Å². The van der Waals surface area contributed by atoms with E-state index in [0.29, 0.717) is 11.4 Å². The summed E-state index contributed by atoms with van der Waals surface area (Å²) in [6, 6.07) is 4.86. The van der Waals surface area contributed by atoms with Gasteiger partial charge < -0.3 is 31.3 Å². The van der Waals surface area contributed by atoms with Gasteiger partial charge in [0.25, 0.3) is 11.5 Å². The molecule has 0 radical (unpaired) electrons. The van der Waals surface area contributed by atoms with Gasteiger partial charge in [-0.3, -0.25) is 24.2 Å². The van der Waals surface area contributed by atoms with Gasteiger partial charge in [-0.15, -0.1) is 0 Å². The third kappa shape index (κ3) is 9.03. The Bertz CT molecular complexity index is 1390. The van der Waals surface area contributed by atoms with Crippen molar-refractivity contribution < 1.29 is 34.1 Å². The number of anilines is 2. The van der Waals surface area contributed by atoms with Crippen LogP contribution in [-0.4, -0.2) is 60.0 Å². The summed E-state index contributed by atoms with van der Waals surface area (Å²) in [5, 5.41) is 23.2. The van der Waals surface area contributed by atoms with Gasteiger partial charge in [-0.05, 0) is 30.7 Å². The number of carboxylic acid groups (broad SMARTS) is 2. The van der Waals surface area contributed by atoms with Crippen LogP contribution in [0.1, 0.15) is 35.8 Å². The topological polar surface area (TPSA) is 240 Å². The number of ether oxygens (including phenoxy) is 1. The summed E-state index contributed by atoms with van der Waals surface area (Å²) in [6.45, 7) is 4.71. The Morgan fingerprint density at radius 1 is 1.18 bits per heavy atom. The molecule has 7 N–H and O–H groups in total. The normalized spacial score (nSPS) is 10.9. The van der Waals surface area contributed by atoms with Crippen LogP contribution in [0.2, 0.25) is 0 Å². The number of carbonyl (C=O) groups excluding carboxylic acids is 2. The first-order valence-corrected chi connectivity index (χ1v) is 10.9. The van der Waals surface area contributed by atoms with Crippen LogP contribution in [0.15, 0.2) is 48.1 Å². The molecule has 1 amide bonds. The summed E-state index contributed by atoms with van der Waals surface area (Å²) in [4.78, 5) is 70.3. The van der Waals surface area contributed by atoms with Gasteiger partial charge in [0, 0.05) is 24.6 Å². The molecule has 0 saturated carbocycles. The molecular weight excluding hydrogens is 502 g/mol. The van der Waals surface area contributed by atoms with Crippen molar-refractivity contribution in [1.29, 1.82) is 0 Å². The number of carbonyl (C=O) groups is 4. The molecule has 0 fully saturated rings. The van der Waals surface area contributed by atoms with Crippen molar-refractivity contribution in [2.75, 3.05) is 11.1 Å². The summed E-state index contributed by atoms with van der Waals surface area (Å²) in [6.07, 6.45) is 1.94. The standard InChI is InChI=1S/C19H19N7O6.C4H6O2/c20-19-25-15-14(17(30)26-19)23-11(8-22-15)7-21-10-3-1-9(2-4-10)16(29)24-12(18(31)32)5-6-13(27)28;1-3-6-4(2)5/h1-4,8,12,21H,5-7H2,(H,24,29)(H,27,28)(H,31,32)(H3,20,22,25,26,30);3H,1H2,2H3. The Balaban J connectivity index is 0.000000757. The van der Waals surface area contributed by atoms with Crippen molar-refractivity contribution in [2.24, 2.45) is 0 Å². The van der Waals surface area contributed by atoms with E-state index in [1.807, 2.05) is 0 Å². The largest absolute Gasteiger partial charge is 0.481 e. The summed E-state index contributed by atoms with van der Waals surface area (Å²) >= 11 is 0. The average Bonchev–Trinajstić information content (AvgIpc) is 2.85. The van der Waals surface area contributed by atoms with Crippen molar-refractivity contribution in [3.05, 3.63) is 64.9 Å². The fourth-order valence-electron chi connectivity index (χ4n) is 2.87.